The van der Waals surface area contributed by atoms with Crippen molar-refractivity contribution in [3.63, 3.8) is 0 Å². The quantitative estimate of drug-likeness (QED) is 0.237. The normalized spacial score (nSPS) is 18.0. The molecule has 1 aromatic carbocycles. The van der Waals surface area contributed by atoms with E-state index in [1.165, 1.54) is 18.6 Å². The number of halogens is 1. The average Bonchev–Trinajstić information content (AvgIpc) is 3.08. The predicted molar refractivity (Wildman–Crippen MR) is 112 cm³/mol. The number of hydrogen-bond donors (Lipinski definition) is 3. The highest BCUT2D eigenvalue weighted by molar-refractivity contribution is 14.0. The van der Waals surface area contributed by atoms with Gasteiger partial charge in [0.25, 0.3) is 0 Å². The monoisotopic (exact) mass is 484 g/mol. The second-order valence-electron chi connectivity index (χ2n) is 5.23. The van der Waals surface area contributed by atoms with Crippen molar-refractivity contribution in [2.45, 2.75) is 23.0 Å². The van der Waals surface area contributed by atoms with Gasteiger partial charge in [0, 0.05) is 31.9 Å². The SMILES string of the molecule is CN=C(NCCNS(=O)(=O)c1ccccc1)NCC1CCCS1.I. The zero-order chi connectivity index (χ0) is 16.5. The van der Waals surface area contributed by atoms with E-state index in [1.807, 2.05) is 11.8 Å². The summed E-state index contributed by atoms with van der Waals surface area (Å²) in [7, 11) is -1.73. The Morgan fingerprint density at radius 3 is 2.62 bits per heavy atom. The van der Waals surface area contributed by atoms with Crippen molar-refractivity contribution in [2.75, 3.05) is 32.4 Å². The van der Waals surface area contributed by atoms with Gasteiger partial charge in [0.05, 0.1) is 4.90 Å². The Morgan fingerprint density at radius 1 is 1.25 bits per heavy atom. The summed E-state index contributed by atoms with van der Waals surface area (Å²) in [6, 6.07) is 8.36. The molecule has 9 heteroatoms. The molecule has 1 fully saturated rings. The van der Waals surface area contributed by atoms with Crippen LogP contribution in [-0.4, -0.2) is 52.1 Å². The van der Waals surface area contributed by atoms with Gasteiger partial charge in [-0.2, -0.15) is 11.8 Å². The molecule has 1 saturated heterocycles. The number of hydrogen-bond acceptors (Lipinski definition) is 4. The van der Waals surface area contributed by atoms with Gasteiger partial charge in [0.15, 0.2) is 5.96 Å². The Balaban J connectivity index is 0.00000288. The highest BCUT2D eigenvalue weighted by Gasteiger charge is 2.15. The average molecular weight is 484 g/mol. The molecule has 0 bridgehead atoms. The highest BCUT2D eigenvalue weighted by atomic mass is 127. The minimum absolute atomic E-state index is 0. The number of sulfonamides is 1. The fourth-order valence-corrected chi connectivity index (χ4v) is 4.54. The van der Waals surface area contributed by atoms with Gasteiger partial charge in [-0.15, -0.1) is 24.0 Å². The Kier molecular flexibility index (Phi) is 10.0. The molecule has 6 nitrogen and oxygen atoms in total. The van der Waals surface area contributed by atoms with Crippen molar-refractivity contribution in [1.82, 2.24) is 15.4 Å². The molecule has 1 heterocycles. The topological polar surface area (TPSA) is 82.6 Å². The molecule has 0 aliphatic carbocycles. The summed E-state index contributed by atoms with van der Waals surface area (Å²) in [5, 5.41) is 7.05. The molecule has 2 rings (SSSR count). The lowest BCUT2D eigenvalue weighted by molar-refractivity contribution is 0.580. The summed E-state index contributed by atoms with van der Waals surface area (Å²) in [6.45, 7) is 1.67. The van der Waals surface area contributed by atoms with Crippen molar-refractivity contribution in [3.05, 3.63) is 30.3 Å². The second kappa shape index (κ2) is 11.2. The molecule has 1 aliphatic heterocycles. The Hall–Kier alpha value is -0.520. The standard InChI is InChI=1S/C15H24N4O2S2.HI/c1-16-15(18-12-13-6-5-11-22-13)17-9-10-19-23(20,21)14-7-3-2-4-8-14;/h2-4,7-8,13,19H,5-6,9-12H2,1H3,(H2,16,17,18);1H. The smallest absolute Gasteiger partial charge is 0.240 e. The minimum Gasteiger partial charge on any atom is -0.355 e. The van der Waals surface area contributed by atoms with E-state index < -0.39 is 10.0 Å². The molecule has 0 radical (unpaired) electrons. The van der Waals surface area contributed by atoms with E-state index in [2.05, 4.69) is 20.3 Å². The molecular formula is C15H25IN4O2S2. The van der Waals surface area contributed by atoms with Crippen LogP contribution in [0, 0.1) is 0 Å². The lowest BCUT2D eigenvalue weighted by Crippen LogP contribution is -2.43. The fraction of sp³-hybridized carbons (Fsp3) is 0.533. The molecule has 0 aromatic heterocycles. The largest absolute Gasteiger partial charge is 0.355 e. The van der Waals surface area contributed by atoms with Gasteiger partial charge in [0.1, 0.15) is 0 Å². The van der Waals surface area contributed by atoms with Gasteiger partial charge >= 0.3 is 0 Å². The van der Waals surface area contributed by atoms with Crippen molar-refractivity contribution in [1.29, 1.82) is 0 Å². The van der Waals surface area contributed by atoms with E-state index in [0.717, 1.165) is 6.54 Å². The zero-order valence-corrected chi connectivity index (χ0v) is 17.7. The molecule has 3 N–H and O–H groups in total. The number of nitrogens with one attached hydrogen (secondary N) is 3. The minimum atomic E-state index is -3.44. The summed E-state index contributed by atoms with van der Waals surface area (Å²) in [5.74, 6) is 1.94. The Morgan fingerprint density at radius 2 is 2.00 bits per heavy atom. The summed E-state index contributed by atoms with van der Waals surface area (Å²) in [5.41, 5.74) is 0. The van der Waals surface area contributed by atoms with E-state index in [-0.39, 0.29) is 28.9 Å². The second-order valence-corrected chi connectivity index (χ2v) is 8.40. The van der Waals surface area contributed by atoms with E-state index in [0.29, 0.717) is 24.3 Å². The van der Waals surface area contributed by atoms with E-state index in [4.69, 9.17) is 0 Å². The lowest BCUT2D eigenvalue weighted by atomic mass is 10.2. The van der Waals surface area contributed by atoms with Gasteiger partial charge in [-0.3, -0.25) is 4.99 Å². The lowest BCUT2D eigenvalue weighted by Gasteiger charge is -2.15. The summed E-state index contributed by atoms with van der Waals surface area (Å²) >= 11 is 1.99. The van der Waals surface area contributed by atoms with E-state index >= 15 is 0 Å². The van der Waals surface area contributed by atoms with Gasteiger partial charge in [-0.25, -0.2) is 13.1 Å². The molecule has 1 unspecified atom stereocenters. The van der Waals surface area contributed by atoms with Crippen LogP contribution in [0.2, 0.25) is 0 Å². The van der Waals surface area contributed by atoms with Crippen LogP contribution in [0.3, 0.4) is 0 Å². The van der Waals surface area contributed by atoms with Crippen LogP contribution in [0.1, 0.15) is 12.8 Å². The van der Waals surface area contributed by atoms with Gasteiger partial charge in [-0.1, -0.05) is 18.2 Å². The van der Waals surface area contributed by atoms with Crippen LogP contribution in [0.4, 0.5) is 0 Å². The molecule has 1 aliphatic rings. The third-order valence-corrected chi connectivity index (χ3v) is 6.38. The predicted octanol–water partition coefficient (Wildman–Crippen LogP) is 1.64. The zero-order valence-electron chi connectivity index (χ0n) is 13.7. The first-order chi connectivity index (χ1) is 11.1. The first-order valence-corrected chi connectivity index (χ1v) is 10.3. The molecule has 0 saturated carbocycles. The number of nitrogens with zero attached hydrogens (tertiary/aromatic N) is 1. The van der Waals surface area contributed by atoms with Crippen molar-refractivity contribution < 1.29 is 8.42 Å². The van der Waals surface area contributed by atoms with E-state index in [1.54, 1.807) is 37.4 Å². The maximum absolute atomic E-state index is 12.1. The number of thioether (sulfide) groups is 1. The number of rotatable bonds is 7. The van der Waals surface area contributed by atoms with Gasteiger partial charge in [-0.05, 0) is 30.7 Å². The maximum Gasteiger partial charge on any atom is 0.240 e. The van der Waals surface area contributed by atoms with Crippen LogP contribution in [0.25, 0.3) is 0 Å². The van der Waals surface area contributed by atoms with Gasteiger partial charge in [0.2, 0.25) is 10.0 Å². The van der Waals surface area contributed by atoms with E-state index in [9.17, 15) is 8.42 Å². The number of benzene rings is 1. The summed E-state index contributed by atoms with van der Waals surface area (Å²) < 4.78 is 26.7. The van der Waals surface area contributed by atoms with Gasteiger partial charge < -0.3 is 10.6 Å². The molecule has 0 amide bonds. The van der Waals surface area contributed by atoms with Crippen molar-refractivity contribution in [3.8, 4) is 0 Å². The molecule has 1 aromatic rings. The summed E-state index contributed by atoms with van der Waals surface area (Å²) in [4.78, 5) is 4.43. The molecule has 136 valence electrons. The van der Waals surface area contributed by atoms with Crippen LogP contribution in [-0.2, 0) is 10.0 Å². The Bertz CT molecular complexity index is 605. The molecule has 0 spiro atoms. The van der Waals surface area contributed by atoms with Crippen molar-refractivity contribution in [2.24, 2.45) is 4.99 Å². The third-order valence-electron chi connectivity index (χ3n) is 3.51. The molecule has 24 heavy (non-hydrogen) atoms. The van der Waals surface area contributed by atoms with Crippen LogP contribution < -0.4 is 15.4 Å². The van der Waals surface area contributed by atoms with Crippen LogP contribution in [0.15, 0.2) is 40.2 Å². The maximum atomic E-state index is 12.1. The number of guanidine groups is 1. The summed E-state index contributed by atoms with van der Waals surface area (Å²) in [6.07, 6.45) is 2.52. The van der Waals surface area contributed by atoms with Crippen LogP contribution in [0.5, 0.6) is 0 Å². The first-order valence-electron chi connectivity index (χ1n) is 7.72. The molecular weight excluding hydrogens is 459 g/mol. The highest BCUT2D eigenvalue weighted by Crippen LogP contribution is 2.25. The first kappa shape index (κ1) is 21.5. The fourth-order valence-electron chi connectivity index (χ4n) is 2.29. The van der Waals surface area contributed by atoms with Crippen molar-refractivity contribution >= 4 is 51.7 Å². The third kappa shape index (κ3) is 7.16. The van der Waals surface area contributed by atoms with Crippen LogP contribution >= 0.6 is 35.7 Å². The Labute approximate surface area is 165 Å². The molecule has 1 atom stereocenters. The number of aliphatic imine (C=N–C) groups is 1.